The molecule has 0 atom stereocenters. The van der Waals surface area contributed by atoms with Gasteiger partial charge >= 0.3 is 6.09 Å². The van der Waals surface area contributed by atoms with Gasteiger partial charge in [-0.2, -0.15) is 0 Å². The minimum Gasteiger partial charge on any atom is -0.496 e. The van der Waals surface area contributed by atoms with Gasteiger partial charge in [-0.05, 0) is 33.6 Å². The monoisotopic (exact) mass is 273 g/mol. The predicted octanol–water partition coefficient (Wildman–Crippen LogP) is 2.31. The highest BCUT2D eigenvalue weighted by Crippen LogP contribution is 2.25. The van der Waals surface area contributed by atoms with Crippen molar-refractivity contribution in [3.05, 3.63) is 28.2 Å². The number of nitrogens with one attached hydrogen (secondary N) is 1. The number of carbonyl (C=O) groups is 1. The van der Waals surface area contributed by atoms with Crippen molar-refractivity contribution in [2.24, 2.45) is 0 Å². The van der Waals surface area contributed by atoms with Gasteiger partial charge in [-0.3, -0.25) is 0 Å². The third-order valence-electron chi connectivity index (χ3n) is 1.84. The van der Waals surface area contributed by atoms with Crippen molar-refractivity contribution in [2.45, 2.75) is 6.54 Å². The third-order valence-corrected chi connectivity index (χ3v) is 2.46. The van der Waals surface area contributed by atoms with Crippen LogP contribution in [0.3, 0.4) is 0 Å². The topological polar surface area (TPSA) is 47.6 Å². The molecule has 0 saturated heterocycles. The largest absolute Gasteiger partial charge is 0.496 e. The Morgan fingerprint density at radius 3 is 2.73 bits per heavy atom. The van der Waals surface area contributed by atoms with Gasteiger partial charge in [0.05, 0.1) is 18.7 Å². The van der Waals surface area contributed by atoms with Crippen molar-refractivity contribution in [1.29, 1.82) is 0 Å². The van der Waals surface area contributed by atoms with Crippen LogP contribution in [0.25, 0.3) is 0 Å². The second-order valence-corrected chi connectivity index (χ2v) is 3.67. The molecule has 82 valence electrons. The van der Waals surface area contributed by atoms with Gasteiger partial charge in [-0.15, -0.1) is 0 Å². The van der Waals surface area contributed by atoms with Crippen LogP contribution in [-0.2, 0) is 11.3 Å². The summed E-state index contributed by atoms with van der Waals surface area (Å²) >= 11 is 3.36. The first kappa shape index (κ1) is 11.8. The molecule has 1 aromatic carbocycles. The van der Waals surface area contributed by atoms with E-state index in [1.54, 1.807) is 7.11 Å². The Labute approximate surface area is 96.7 Å². The summed E-state index contributed by atoms with van der Waals surface area (Å²) in [7, 11) is 2.94. The van der Waals surface area contributed by atoms with Crippen LogP contribution in [0, 0.1) is 0 Å². The maximum Gasteiger partial charge on any atom is 0.407 e. The van der Waals surface area contributed by atoms with Crippen LogP contribution in [0.1, 0.15) is 5.56 Å². The molecule has 4 nitrogen and oxygen atoms in total. The first-order chi connectivity index (χ1) is 7.17. The Bertz CT molecular complexity index is 355. The number of carbonyl (C=O) groups excluding carboxylic acids is 1. The number of benzene rings is 1. The fourth-order valence-electron chi connectivity index (χ4n) is 1.07. The lowest BCUT2D eigenvalue weighted by Gasteiger charge is -2.07. The predicted molar refractivity (Wildman–Crippen MR) is 59.9 cm³/mol. The normalized spacial score (nSPS) is 9.53. The third kappa shape index (κ3) is 3.43. The van der Waals surface area contributed by atoms with Crippen molar-refractivity contribution in [3.63, 3.8) is 0 Å². The van der Waals surface area contributed by atoms with Gasteiger partial charge in [0.1, 0.15) is 5.75 Å². The van der Waals surface area contributed by atoms with Gasteiger partial charge in [-0.25, -0.2) is 4.79 Å². The van der Waals surface area contributed by atoms with E-state index in [2.05, 4.69) is 26.0 Å². The van der Waals surface area contributed by atoms with Crippen molar-refractivity contribution in [1.82, 2.24) is 5.32 Å². The summed E-state index contributed by atoms with van der Waals surface area (Å²) in [6.45, 7) is 0.426. The molecule has 15 heavy (non-hydrogen) atoms. The first-order valence-electron chi connectivity index (χ1n) is 4.31. The Morgan fingerprint density at radius 2 is 2.20 bits per heavy atom. The second-order valence-electron chi connectivity index (χ2n) is 2.81. The number of halogens is 1. The molecule has 0 aliphatic rings. The fraction of sp³-hybridized carbons (Fsp3) is 0.300. The van der Waals surface area contributed by atoms with Gasteiger partial charge < -0.3 is 14.8 Å². The van der Waals surface area contributed by atoms with E-state index in [-0.39, 0.29) is 0 Å². The fourth-order valence-corrected chi connectivity index (χ4v) is 1.65. The molecule has 1 aromatic rings. The van der Waals surface area contributed by atoms with Crippen LogP contribution >= 0.6 is 15.9 Å². The van der Waals surface area contributed by atoms with E-state index in [1.807, 2.05) is 18.2 Å². The maximum atomic E-state index is 10.8. The average molecular weight is 274 g/mol. The zero-order valence-electron chi connectivity index (χ0n) is 8.54. The number of hydrogen-bond donors (Lipinski definition) is 1. The smallest absolute Gasteiger partial charge is 0.407 e. The van der Waals surface area contributed by atoms with Crippen molar-refractivity contribution in [3.8, 4) is 5.75 Å². The highest BCUT2D eigenvalue weighted by molar-refractivity contribution is 9.10. The lowest BCUT2D eigenvalue weighted by Crippen LogP contribution is -2.22. The lowest BCUT2D eigenvalue weighted by atomic mass is 10.2. The van der Waals surface area contributed by atoms with Crippen molar-refractivity contribution < 1.29 is 14.3 Å². The quantitative estimate of drug-likeness (QED) is 0.920. The maximum absolute atomic E-state index is 10.8. The molecule has 0 aliphatic heterocycles. The van der Waals surface area contributed by atoms with Crippen molar-refractivity contribution >= 4 is 22.0 Å². The summed E-state index contributed by atoms with van der Waals surface area (Å²) in [4.78, 5) is 10.8. The number of hydrogen-bond acceptors (Lipinski definition) is 3. The Morgan fingerprint density at radius 1 is 1.47 bits per heavy atom. The zero-order valence-corrected chi connectivity index (χ0v) is 10.1. The number of rotatable bonds is 3. The molecule has 0 unspecified atom stereocenters. The summed E-state index contributed by atoms with van der Waals surface area (Å²) in [6.07, 6.45) is -0.443. The van der Waals surface area contributed by atoms with E-state index in [1.165, 1.54) is 7.11 Å². The molecular weight excluding hydrogens is 262 g/mol. The van der Waals surface area contributed by atoms with Gasteiger partial charge in [0.25, 0.3) is 0 Å². The summed E-state index contributed by atoms with van der Waals surface area (Å²) in [6, 6.07) is 5.59. The van der Waals surface area contributed by atoms with E-state index in [0.29, 0.717) is 6.54 Å². The molecule has 0 fully saturated rings. The van der Waals surface area contributed by atoms with Gasteiger partial charge in [0.15, 0.2) is 0 Å². The molecule has 0 aromatic heterocycles. The average Bonchev–Trinajstić information content (AvgIpc) is 2.26. The second kappa shape index (κ2) is 5.60. The number of ether oxygens (including phenoxy) is 2. The highest BCUT2D eigenvalue weighted by atomic mass is 79.9. The minimum absolute atomic E-state index is 0.426. The van der Waals surface area contributed by atoms with Gasteiger partial charge in [0, 0.05) is 6.54 Å². The molecule has 0 aliphatic carbocycles. The standard InChI is InChI=1S/C10H12BrNO3/c1-14-9-4-3-7(5-8(9)11)6-12-10(13)15-2/h3-5H,6H2,1-2H3,(H,12,13). The summed E-state index contributed by atoms with van der Waals surface area (Å²) in [5.41, 5.74) is 0.966. The Balaban J connectivity index is 2.63. The molecule has 5 heteroatoms. The minimum atomic E-state index is -0.443. The lowest BCUT2D eigenvalue weighted by molar-refractivity contribution is 0.170. The molecule has 0 radical (unpaired) electrons. The van der Waals surface area contributed by atoms with Crippen LogP contribution in [0.15, 0.2) is 22.7 Å². The first-order valence-corrected chi connectivity index (χ1v) is 5.11. The van der Waals surface area contributed by atoms with Crippen molar-refractivity contribution in [2.75, 3.05) is 14.2 Å². The molecular formula is C10H12BrNO3. The highest BCUT2D eigenvalue weighted by Gasteiger charge is 2.03. The van der Waals surface area contributed by atoms with E-state index >= 15 is 0 Å². The van der Waals surface area contributed by atoms with Gasteiger partial charge in [-0.1, -0.05) is 6.07 Å². The van der Waals surface area contributed by atoms with E-state index in [0.717, 1.165) is 15.8 Å². The molecule has 0 heterocycles. The summed E-state index contributed by atoms with van der Waals surface area (Å²) in [5, 5.41) is 2.59. The van der Waals surface area contributed by atoms with E-state index in [4.69, 9.17) is 4.74 Å². The van der Waals surface area contributed by atoms with E-state index < -0.39 is 6.09 Å². The molecule has 1 N–H and O–H groups in total. The summed E-state index contributed by atoms with van der Waals surface area (Å²) < 4.78 is 10.4. The Kier molecular flexibility index (Phi) is 4.42. The Hall–Kier alpha value is -1.23. The molecule has 0 spiro atoms. The van der Waals surface area contributed by atoms with Crippen LogP contribution in [0.4, 0.5) is 4.79 Å². The zero-order chi connectivity index (χ0) is 11.3. The van der Waals surface area contributed by atoms with Gasteiger partial charge in [0.2, 0.25) is 0 Å². The summed E-state index contributed by atoms with van der Waals surface area (Å²) in [5.74, 6) is 0.761. The molecule has 1 amide bonds. The van der Waals surface area contributed by atoms with Crippen LogP contribution in [0.5, 0.6) is 5.75 Å². The number of methoxy groups -OCH3 is 2. The number of amides is 1. The molecule has 1 rings (SSSR count). The number of alkyl carbamates (subject to hydrolysis) is 1. The van der Waals surface area contributed by atoms with Crippen LogP contribution < -0.4 is 10.1 Å². The van der Waals surface area contributed by atoms with E-state index in [9.17, 15) is 4.79 Å². The van der Waals surface area contributed by atoms with Crippen LogP contribution in [0.2, 0.25) is 0 Å². The molecule has 0 bridgehead atoms. The SMILES string of the molecule is COC(=O)NCc1ccc(OC)c(Br)c1. The van der Waals surface area contributed by atoms with Crippen LogP contribution in [-0.4, -0.2) is 20.3 Å². The molecule has 0 saturated carbocycles.